The van der Waals surface area contributed by atoms with E-state index >= 15 is 0 Å². The number of aromatic nitrogens is 2. The highest BCUT2D eigenvalue weighted by atomic mass is 79.9. The second-order valence-corrected chi connectivity index (χ2v) is 4.82. The molecule has 0 atom stereocenters. The zero-order chi connectivity index (χ0) is 13.1. The molecular formula is C12H11BrClN3O. The van der Waals surface area contributed by atoms with Crippen LogP contribution in [0.4, 0.5) is 11.5 Å². The van der Waals surface area contributed by atoms with Crippen molar-refractivity contribution in [2.24, 2.45) is 0 Å². The van der Waals surface area contributed by atoms with Gasteiger partial charge in [0, 0.05) is 11.3 Å². The first-order chi connectivity index (χ1) is 8.61. The van der Waals surface area contributed by atoms with E-state index in [9.17, 15) is 0 Å². The molecule has 0 saturated carbocycles. The quantitative estimate of drug-likeness (QED) is 0.867. The van der Waals surface area contributed by atoms with Gasteiger partial charge in [-0.15, -0.1) is 0 Å². The first kappa shape index (κ1) is 13.1. The summed E-state index contributed by atoms with van der Waals surface area (Å²) in [6.45, 7) is 1.86. The average molecular weight is 329 g/mol. The Morgan fingerprint density at radius 3 is 2.78 bits per heavy atom. The fourth-order valence-corrected chi connectivity index (χ4v) is 2.11. The fraction of sp³-hybridized carbons (Fsp3) is 0.167. The maximum absolute atomic E-state index is 5.94. The molecule has 0 aliphatic carbocycles. The molecule has 0 aliphatic rings. The standard InChI is InChI=1S/C12H11BrClN3O/c1-7-11(14)15-6-16-12(7)17-8-3-4-10(18-2)9(13)5-8/h3-6H,1-2H3,(H,15,16,17). The van der Waals surface area contributed by atoms with Gasteiger partial charge in [0.15, 0.2) is 0 Å². The van der Waals surface area contributed by atoms with Crippen molar-refractivity contribution in [2.45, 2.75) is 6.92 Å². The summed E-state index contributed by atoms with van der Waals surface area (Å²) in [6, 6.07) is 5.68. The highest BCUT2D eigenvalue weighted by Gasteiger charge is 2.06. The normalized spacial score (nSPS) is 10.2. The molecule has 1 aromatic carbocycles. The van der Waals surface area contributed by atoms with Gasteiger partial charge in [-0.05, 0) is 41.1 Å². The molecule has 0 aliphatic heterocycles. The Labute approximate surface area is 118 Å². The van der Waals surface area contributed by atoms with Crippen LogP contribution in [-0.4, -0.2) is 17.1 Å². The zero-order valence-corrected chi connectivity index (χ0v) is 12.2. The Hall–Kier alpha value is -1.33. The second-order valence-electron chi connectivity index (χ2n) is 3.61. The minimum atomic E-state index is 0.445. The molecule has 0 fully saturated rings. The number of halogens is 2. The molecule has 1 aromatic heterocycles. The molecule has 1 N–H and O–H groups in total. The van der Waals surface area contributed by atoms with Crippen molar-refractivity contribution in [3.05, 3.63) is 39.7 Å². The summed E-state index contributed by atoms with van der Waals surface area (Å²) in [5, 5.41) is 3.63. The minimum absolute atomic E-state index is 0.445. The van der Waals surface area contributed by atoms with Crippen LogP contribution in [0.1, 0.15) is 5.56 Å². The number of hydrogen-bond donors (Lipinski definition) is 1. The van der Waals surface area contributed by atoms with Crippen LogP contribution in [0, 0.1) is 6.92 Å². The van der Waals surface area contributed by atoms with E-state index in [0.29, 0.717) is 11.0 Å². The lowest BCUT2D eigenvalue weighted by molar-refractivity contribution is 0.412. The van der Waals surface area contributed by atoms with Crippen LogP contribution in [0.25, 0.3) is 0 Å². The van der Waals surface area contributed by atoms with E-state index in [4.69, 9.17) is 16.3 Å². The van der Waals surface area contributed by atoms with Gasteiger partial charge >= 0.3 is 0 Å². The number of benzene rings is 1. The number of hydrogen-bond acceptors (Lipinski definition) is 4. The molecule has 94 valence electrons. The van der Waals surface area contributed by atoms with Crippen LogP contribution >= 0.6 is 27.5 Å². The molecule has 18 heavy (non-hydrogen) atoms. The molecule has 4 nitrogen and oxygen atoms in total. The third-order valence-corrected chi connectivity index (χ3v) is 3.44. The van der Waals surface area contributed by atoms with E-state index < -0.39 is 0 Å². The summed E-state index contributed by atoms with van der Waals surface area (Å²) in [4.78, 5) is 8.06. The molecule has 2 rings (SSSR count). The smallest absolute Gasteiger partial charge is 0.138 e. The number of ether oxygens (including phenoxy) is 1. The highest BCUT2D eigenvalue weighted by molar-refractivity contribution is 9.10. The third kappa shape index (κ3) is 2.73. The van der Waals surface area contributed by atoms with E-state index in [1.165, 1.54) is 6.33 Å². The van der Waals surface area contributed by atoms with Crippen molar-refractivity contribution in [2.75, 3.05) is 12.4 Å². The van der Waals surface area contributed by atoms with Gasteiger partial charge < -0.3 is 10.1 Å². The van der Waals surface area contributed by atoms with Crippen LogP contribution in [0.2, 0.25) is 5.15 Å². The molecule has 2 aromatic rings. The molecule has 0 bridgehead atoms. The second kappa shape index (κ2) is 5.54. The topological polar surface area (TPSA) is 47.0 Å². The fourth-order valence-electron chi connectivity index (χ4n) is 1.44. The van der Waals surface area contributed by atoms with Gasteiger partial charge in [0.2, 0.25) is 0 Å². The molecule has 0 amide bonds. The number of methoxy groups -OCH3 is 1. The number of nitrogens with one attached hydrogen (secondary N) is 1. The number of rotatable bonds is 3. The molecule has 0 radical (unpaired) electrons. The van der Waals surface area contributed by atoms with Crippen LogP contribution in [0.5, 0.6) is 5.75 Å². The van der Waals surface area contributed by atoms with Crippen molar-refractivity contribution >= 4 is 39.0 Å². The Kier molecular flexibility index (Phi) is 4.04. The van der Waals surface area contributed by atoms with Crippen LogP contribution in [0.3, 0.4) is 0 Å². The first-order valence-electron chi connectivity index (χ1n) is 5.19. The lowest BCUT2D eigenvalue weighted by Gasteiger charge is -2.10. The predicted molar refractivity (Wildman–Crippen MR) is 75.8 cm³/mol. The Bertz CT molecular complexity index is 577. The van der Waals surface area contributed by atoms with Gasteiger partial charge in [0.1, 0.15) is 23.0 Å². The number of nitrogens with zero attached hydrogens (tertiary/aromatic N) is 2. The average Bonchev–Trinajstić information content (AvgIpc) is 2.35. The largest absolute Gasteiger partial charge is 0.496 e. The summed E-state index contributed by atoms with van der Waals surface area (Å²) in [5.74, 6) is 1.46. The van der Waals surface area contributed by atoms with Gasteiger partial charge in [-0.25, -0.2) is 9.97 Å². The van der Waals surface area contributed by atoms with Gasteiger partial charge in [-0.1, -0.05) is 11.6 Å². The summed E-state index contributed by atoms with van der Waals surface area (Å²) in [7, 11) is 1.63. The molecule has 0 spiro atoms. The molecule has 0 saturated heterocycles. The maximum atomic E-state index is 5.94. The van der Waals surface area contributed by atoms with Gasteiger partial charge in [-0.2, -0.15) is 0 Å². The summed E-state index contributed by atoms with van der Waals surface area (Å²) in [5.41, 5.74) is 1.70. The monoisotopic (exact) mass is 327 g/mol. The summed E-state index contributed by atoms with van der Waals surface area (Å²) in [6.07, 6.45) is 1.43. The van der Waals surface area contributed by atoms with E-state index in [0.717, 1.165) is 21.5 Å². The highest BCUT2D eigenvalue weighted by Crippen LogP contribution is 2.30. The van der Waals surface area contributed by atoms with Crippen LogP contribution < -0.4 is 10.1 Å². The van der Waals surface area contributed by atoms with Gasteiger partial charge in [0.25, 0.3) is 0 Å². The molecule has 1 heterocycles. The van der Waals surface area contributed by atoms with Crippen molar-refractivity contribution < 1.29 is 4.74 Å². The van der Waals surface area contributed by atoms with Crippen LogP contribution in [0.15, 0.2) is 29.0 Å². The van der Waals surface area contributed by atoms with Crippen molar-refractivity contribution in [1.82, 2.24) is 9.97 Å². The molecule has 0 unspecified atom stereocenters. The van der Waals surface area contributed by atoms with E-state index in [1.807, 2.05) is 25.1 Å². The summed E-state index contributed by atoms with van der Waals surface area (Å²) < 4.78 is 6.04. The number of anilines is 2. The Morgan fingerprint density at radius 1 is 1.33 bits per heavy atom. The van der Waals surface area contributed by atoms with E-state index in [1.54, 1.807) is 7.11 Å². The summed E-state index contributed by atoms with van der Waals surface area (Å²) >= 11 is 9.37. The predicted octanol–water partition coefficient (Wildman–Crippen LogP) is 3.95. The zero-order valence-electron chi connectivity index (χ0n) is 9.87. The SMILES string of the molecule is COc1ccc(Nc2ncnc(Cl)c2C)cc1Br. The van der Waals surface area contributed by atoms with Gasteiger partial charge in [0.05, 0.1) is 11.6 Å². The molecule has 6 heteroatoms. The van der Waals surface area contributed by atoms with E-state index in [2.05, 4.69) is 31.2 Å². The lowest BCUT2D eigenvalue weighted by atomic mass is 10.3. The molecular weight excluding hydrogens is 318 g/mol. The van der Waals surface area contributed by atoms with Crippen molar-refractivity contribution in [1.29, 1.82) is 0 Å². The van der Waals surface area contributed by atoms with Gasteiger partial charge in [-0.3, -0.25) is 0 Å². The Balaban J connectivity index is 2.29. The first-order valence-corrected chi connectivity index (χ1v) is 6.36. The lowest BCUT2D eigenvalue weighted by Crippen LogP contribution is -1.98. The van der Waals surface area contributed by atoms with E-state index in [-0.39, 0.29) is 0 Å². The van der Waals surface area contributed by atoms with Crippen molar-refractivity contribution in [3.63, 3.8) is 0 Å². The minimum Gasteiger partial charge on any atom is -0.496 e. The third-order valence-electron chi connectivity index (χ3n) is 2.44. The maximum Gasteiger partial charge on any atom is 0.138 e. The van der Waals surface area contributed by atoms with Crippen molar-refractivity contribution in [3.8, 4) is 5.75 Å². The Morgan fingerprint density at radius 2 is 2.11 bits per heavy atom. The van der Waals surface area contributed by atoms with Crippen LogP contribution in [-0.2, 0) is 0 Å².